The molecule has 0 saturated carbocycles. The molecule has 42 heavy (non-hydrogen) atoms. The molecule has 1 aliphatic heterocycles. The van der Waals surface area contributed by atoms with Crippen molar-refractivity contribution in [2.45, 2.75) is 36.4 Å². The van der Waals surface area contributed by atoms with Crippen molar-refractivity contribution in [3.8, 4) is 11.8 Å². The maximum absolute atomic E-state index is 13.8. The van der Waals surface area contributed by atoms with Crippen molar-refractivity contribution in [3.63, 3.8) is 0 Å². The Labute approximate surface area is 252 Å². The van der Waals surface area contributed by atoms with Gasteiger partial charge in [-0.2, -0.15) is 0 Å². The van der Waals surface area contributed by atoms with Crippen LogP contribution in [0.2, 0.25) is 0 Å². The number of nitrogens with zero attached hydrogens (tertiary/aromatic N) is 1. The molecule has 0 aliphatic carbocycles. The summed E-state index contributed by atoms with van der Waals surface area (Å²) in [6.07, 6.45) is 0.528. The monoisotopic (exact) mass is 597 g/mol. The standard InChI is InChI=1S/C33H28FN3O3S2/c1-21(18-23-10-13-25(34)14-11-23)36-30(38)20-29-32(40)37(26-9-5-8-24(19-26)31(35)39)33(42-29)28-17-16-27(41-28)15-12-22-6-3-2-4-7-22/h2-11,13-14,16-17,19,21,29,33H,18,20H2,1H3,(H2,35,39)(H,36,38). The maximum Gasteiger partial charge on any atom is 0.248 e. The summed E-state index contributed by atoms with van der Waals surface area (Å²) in [6, 6.07) is 26.2. The summed E-state index contributed by atoms with van der Waals surface area (Å²) >= 11 is 2.88. The summed E-state index contributed by atoms with van der Waals surface area (Å²) in [5.41, 5.74) is 8.15. The molecule has 3 atom stereocenters. The van der Waals surface area contributed by atoms with Crippen LogP contribution in [-0.4, -0.2) is 29.0 Å². The number of thioether (sulfide) groups is 1. The third-order valence-corrected chi connectivity index (χ3v) is 9.28. The van der Waals surface area contributed by atoms with Gasteiger partial charge in [-0.15, -0.1) is 23.1 Å². The van der Waals surface area contributed by atoms with Crippen LogP contribution in [0.15, 0.2) is 91.0 Å². The van der Waals surface area contributed by atoms with E-state index in [0.717, 1.165) is 20.9 Å². The zero-order valence-corrected chi connectivity index (χ0v) is 24.4. The van der Waals surface area contributed by atoms with Crippen molar-refractivity contribution in [2.24, 2.45) is 5.73 Å². The minimum atomic E-state index is -0.633. The number of halogens is 1. The lowest BCUT2D eigenvalue weighted by Crippen LogP contribution is -2.38. The Morgan fingerprint density at radius 2 is 1.76 bits per heavy atom. The number of nitrogens with two attached hydrogens (primary N) is 1. The van der Waals surface area contributed by atoms with Gasteiger partial charge in [0.25, 0.3) is 0 Å². The van der Waals surface area contributed by atoms with Crippen LogP contribution in [0.4, 0.5) is 10.1 Å². The van der Waals surface area contributed by atoms with Crippen molar-refractivity contribution in [1.29, 1.82) is 0 Å². The van der Waals surface area contributed by atoms with E-state index in [9.17, 15) is 18.8 Å². The normalized spacial score (nSPS) is 16.9. The Morgan fingerprint density at radius 1 is 1.00 bits per heavy atom. The molecule has 0 spiro atoms. The van der Waals surface area contributed by atoms with Crippen LogP contribution in [0.5, 0.6) is 0 Å². The number of benzene rings is 3. The van der Waals surface area contributed by atoms with Crippen LogP contribution >= 0.6 is 23.1 Å². The average Bonchev–Trinajstić information content (AvgIpc) is 3.58. The summed E-state index contributed by atoms with van der Waals surface area (Å²) in [4.78, 5) is 42.1. The molecule has 0 radical (unpaired) electrons. The molecule has 1 aromatic heterocycles. The van der Waals surface area contributed by atoms with E-state index in [4.69, 9.17) is 5.73 Å². The van der Waals surface area contributed by atoms with Gasteiger partial charge < -0.3 is 11.1 Å². The van der Waals surface area contributed by atoms with Crippen molar-refractivity contribution in [2.75, 3.05) is 4.90 Å². The predicted molar refractivity (Wildman–Crippen MR) is 166 cm³/mol. The molecule has 3 N–H and O–H groups in total. The summed E-state index contributed by atoms with van der Waals surface area (Å²) in [5, 5.41) is 1.92. The molecule has 1 aliphatic rings. The topological polar surface area (TPSA) is 92.5 Å². The van der Waals surface area contributed by atoms with Gasteiger partial charge in [0.2, 0.25) is 17.7 Å². The Hall–Kier alpha value is -4.39. The van der Waals surface area contributed by atoms with Crippen molar-refractivity contribution >= 4 is 46.5 Å². The first-order valence-electron chi connectivity index (χ1n) is 13.4. The van der Waals surface area contributed by atoms with E-state index in [1.165, 1.54) is 35.2 Å². The molecule has 3 unspecified atom stereocenters. The van der Waals surface area contributed by atoms with Crippen LogP contribution in [-0.2, 0) is 16.0 Å². The molecule has 2 heterocycles. The molecule has 0 bridgehead atoms. The van der Waals surface area contributed by atoms with Crippen LogP contribution < -0.4 is 16.0 Å². The van der Waals surface area contributed by atoms with Gasteiger partial charge >= 0.3 is 0 Å². The SMILES string of the molecule is CC(Cc1ccc(F)cc1)NC(=O)CC1SC(c2ccc(C#Cc3ccccc3)s2)N(c2cccc(C(N)=O)c2)C1=O. The number of hydrogen-bond acceptors (Lipinski definition) is 5. The number of carbonyl (C=O) groups excluding carboxylic acids is 3. The smallest absolute Gasteiger partial charge is 0.248 e. The van der Waals surface area contributed by atoms with Crippen molar-refractivity contribution in [1.82, 2.24) is 5.32 Å². The summed E-state index contributed by atoms with van der Waals surface area (Å²) < 4.78 is 13.2. The minimum absolute atomic E-state index is 0.00812. The summed E-state index contributed by atoms with van der Waals surface area (Å²) in [5.74, 6) is 4.98. The van der Waals surface area contributed by atoms with Gasteiger partial charge in [0.15, 0.2) is 0 Å². The first kappa shape index (κ1) is 29.1. The van der Waals surface area contributed by atoms with Gasteiger partial charge in [-0.1, -0.05) is 48.2 Å². The van der Waals surface area contributed by atoms with Crippen molar-refractivity contribution < 1.29 is 18.8 Å². The second-order valence-electron chi connectivity index (χ2n) is 9.92. The number of primary amides is 1. The number of carbonyl (C=O) groups is 3. The van der Waals surface area contributed by atoms with E-state index in [0.29, 0.717) is 17.7 Å². The highest BCUT2D eigenvalue weighted by Crippen LogP contribution is 2.48. The number of amides is 3. The molecule has 3 aromatic carbocycles. The van der Waals surface area contributed by atoms with Crippen LogP contribution in [0.3, 0.4) is 0 Å². The number of thiophene rings is 1. The Balaban J connectivity index is 1.35. The fourth-order valence-electron chi connectivity index (χ4n) is 4.68. The molecule has 5 rings (SSSR count). The number of nitrogens with one attached hydrogen (secondary N) is 1. The van der Waals surface area contributed by atoms with Gasteiger partial charge in [-0.25, -0.2) is 4.39 Å². The molecule has 9 heteroatoms. The number of hydrogen-bond donors (Lipinski definition) is 2. The van der Waals surface area contributed by atoms with Crippen LogP contribution in [0.25, 0.3) is 0 Å². The van der Waals surface area contributed by atoms with E-state index < -0.39 is 16.5 Å². The molecule has 3 amide bonds. The lowest BCUT2D eigenvalue weighted by molar-refractivity contribution is -0.125. The quantitative estimate of drug-likeness (QED) is 0.256. The highest BCUT2D eigenvalue weighted by Gasteiger charge is 2.43. The fourth-order valence-corrected chi connectivity index (χ4v) is 7.18. The highest BCUT2D eigenvalue weighted by molar-refractivity contribution is 8.01. The highest BCUT2D eigenvalue weighted by atomic mass is 32.2. The molecular weight excluding hydrogens is 570 g/mol. The van der Waals surface area contributed by atoms with E-state index in [1.54, 1.807) is 41.3 Å². The minimum Gasteiger partial charge on any atom is -0.366 e. The lowest BCUT2D eigenvalue weighted by atomic mass is 10.1. The maximum atomic E-state index is 13.8. The lowest BCUT2D eigenvalue weighted by Gasteiger charge is -2.23. The third kappa shape index (κ3) is 7.08. The summed E-state index contributed by atoms with van der Waals surface area (Å²) in [6.45, 7) is 1.87. The average molecular weight is 598 g/mol. The van der Waals surface area contributed by atoms with E-state index in [2.05, 4.69) is 17.2 Å². The Bertz CT molecular complexity index is 1660. The molecule has 1 saturated heterocycles. The van der Waals surface area contributed by atoms with Gasteiger partial charge in [0.1, 0.15) is 11.2 Å². The fraction of sp³-hybridized carbons (Fsp3) is 0.182. The van der Waals surface area contributed by atoms with Gasteiger partial charge in [-0.3, -0.25) is 19.3 Å². The van der Waals surface area contributed by atoms with Crippen LogP contribution in [0.1, 0.15) is 50.0 Å². The molecule has 4 aromatic rings. The Kier molecular flexibility index (Phi) is 9.06. The predicted octanol–water partition coefficient (Wildman–Crippen LogP) is 5.67. The third-order valence-electron chi connectivity index (χ3n) is 6.66. The first-order chi connectivity index (χ1) is 20.3. The van der Waals surface area contributed by atoms with E-state index >= 15 is 0 Å². The van der Waals surface area contributed by atoms with E-state index in [-0.39, 0.29) is 30.1 Å². The van der Waals surface area contributed by atoms with Crippen molar-refractivity contribution in [3.05, 3.63) is 123 Å². The second-order valence-corrected chi connectivity index (χ2v) is 12.3. The van der Waals surface area contributed by atoms with Gasteiger partial charge in [-0.05, 0) is 73.5 Å². The summed E-state index contributed by atoms with van der Waals surface area (Å²) in [7, 11) is 0. The molecule has 1 fully saturated rings. The molecule has 6 nitrogen and oxygen atoms in total. The number of anilines is 1. The van der Waals surface area contributed by atoms with E-state index in [1.807, 2.05) is 49.4 Å². The number of rotatable bonds is 8. The first-order valence-corrected chi connectivity index (χ1v) is 15.1. The Morgan fingerprint density at radius 3 is 2.50 bits per heavy atom. The zero-order valence-electron chi connectivity index (χ0n) is 22.8. The zero-order chi connectivity index (χ0) is 29.6. The largest absolute Gasteiger partial charge is 0.366 e. The second kappa shape index (κ2) is 13.1. The molecular formula is C33H28FN3O3S2. The van der Waals surface area contributed by atoms with Gasteiger partial charge in [0.05, 0.1) is 10.1 Å². The molecule has 212 valence electrons. The van der Waals surface area contributed by atoms with Crippen LogP contribution in [0, 0.1) is 17.7 Å². The van der Waals surface area contributed by atoms with Gasteiger partial charge in [0, 0.05) is 34.2 Å².